The summed E-state index contributed by atoms with van der Waals surface area (Å²) in [4.78, 5) is 23.6. The first-order chi connectivity index (χ1) is 12.6. The number of ether oxygens (including phenoxy) is 3. The first-order valence-electron chi connectivity index (χ1n) is 8.20. The van der Waals surface area contributed by atoms with Gasteiger partial charge < -0.3 is 19.5 Å². The molecule has 0 saturated carbocycles. The SMILES string of the molecule is O=C(COC(=O)CCc1ccc(F)cc1)Nc1ccc2c(c1)OCCO2. The number of hydrogen-bond donors (Lipinski definition) is 1. The molecular formula is C19H18FNO5. The maximum absolute atomic E-state index is 12.8. The first-order valence-corrected chi connectivity index (χ1v) is 8.20. The van der Waals surface area contributed by atoms with Gasteiger partial charge in [0.05, 0.1) is 0 Å². The van der Waals surface area contributed by atoms with E-state index in [1.165, 1.54) is 12.1 Å². The molecule has 1 heterocycles. The van der Waals surface area contributed by atoms with Crippen molar-refractivity contribution in [1.29, 1.82) is 0 Å². The van der Waals surface area contributed by atoms with Gasteiger partial charge in [-0.2, -0.15) is 0 Å². The van der Waals surface area contributed by atoms with Crippen LogP contribution in [0.5, 0.6) is 11.5 Å². The standard InChI is InChI=1S/C19H18FNO5/c20-14-4-1-13(2-5-14)3-8-19(23)26-12-18(22)21-15-6-7-16-17(11-15)25-10-9-24-16/h1-2,4-7,11H,3,8-10,12H2,(H,21,22). The fraction of sp³-hybridized carbons (Fsp3) is 0.263. The second-order valence-electron chi connectivity index (χ2n) is 5.69. The molecule has 26 heavy (non-hydrogen) atoms. The van der Waals surface area contributed by atoms with Crippen molar-refractivity contribution >= 4 is 17.6 Å². The van der Waals surface area contributed by atoms with Gasteiger partial charge in [0.2, 0.25) is 0 Å². The lowest BCUT2D eigenvalue weighted by Crippen LogP contribution is -2.21. The molecule has 1 aliphatic rings. The fourth-order valence-corrected chi connectivity index (χ4v) is 2.43. The lowest BCUT2D eigenvalue weighted by Gasteiger charge is -2.19. The minimum Gasteiger partial charge on any atom is -0.486 e. The average molecular weight is 359 g/mol. The highest BCUT2D eigenvalue weighted by Gasteiger charge is 2.13. The summed E-state index contributed by atoms with van der Waals surface area (Å²) in [7, 11) is 0. The summed E-state index contributed by atoms with van der Waals surface area (Å²) in [6.07, 6.45) is 0.534. The van der Waals surface area contributed by atoms with Crippen molar-refractivity contribution in [2.75, 3.05) is 25.1 Å². The summed E-state index contributed by atoms with van der Waals surface area (Å²) >= 11 is 0. The third-order valence-corrected chi connectivity index (χ3v) is 3.72. The van der Waals surface area contributed by atoms with Gasteiger partial charge in [-0.1, -0.05) is 12.1 Å². The van der Waals surface area contributed by atoms with Crippen molar-refractivity contribution < 1.29 is 28.2 Å². The Morgan fingerprint density at radius 3 is 2.54 bits per heavy atom. The van der Waals surface area contributed by atoms with Crippen molar-refractivity contribution in [2.45, 2.75) is 12.8 Å². The Bertz CT molecular complexity index is 791. The Morgan fingerprint density at radius 2 is 1.77 bits per heavy atom. The second-order valence-corrected chi connectivity index (χ2v) is 5.69. The topological polar surface area (TPSA) is 73.9 Å². The van der Waals surface area contributed by atoms with Crippen LogP contribution >= 0.6 is 0 Å². The summed E-state index contributed by atoms with van der Waals surface area (Å²) in [6.45, 7) is 0.569. The van der Waals surface area contributed by atoms with E-state index in [0.29, 0.717) is 36.8 Å². The van der Waals surface area contributed by atoms with Gasteiger partial charge in [-0.25, -0.2) is 4.39 Å². The van der Waals surface area contributed by atoms with E-state index in [2.05, 4.69) is 5.32 Å². The highest BCUT2D eigenvalue weighted by molar-refractivity contribution is 5.93. The Morgan fingerprint density at radius 1 is 1.04 bits per heavy atom. The number of halogens is 1. The van der Waals surface area contributed by atoms with Gasteiger partial charge in [0.25, 0.3) is 5.91 Å². The summed E-state index contributed by atoms with van der Waals surface area (Å²) < 4.78 is 28.6. The van der Waals surface area contributed by atoms with Crippen molar-refractivity contribution in [3.63, 3.8) is 0 Å². The van der Waals surface area contributed by atoms with Crippen LogP contribution in [0.25, 0.3) is 0 Å². The molecule has 0 aromatic heterocycles. The number of hydrogen-bond acceptors (Lipinski definition) is 5. The van der Waals surface area contributed by atoms with Crippen molar-refractivity contribution in [3.05, 3.63) is 53.8 Å². The van der Waals surface area contributed by atoms with Gasteiger partial charge in [0.1, 0.15) is 19.0 Å². The van der Waals surface area contributed by atoms with E-state index in [-0.39, 0.29) is 18.8 Å². The van der Waals surface area contributed by atoms with Crippen LogP contribution in [-0.2, 0) is 20.7 Å². The van der Waals surface area contributed by atoms with E-state index in [1.807, 2.05) is 0 Å². The molecule has 2 aromatic carbocycles. The Hall–Kier alpha value is -3.09. The number of esters is 1. The number of carbonyl (C=O) groups is 2. The number of amides is 1. The van der Waals surface area contributed by atoms with Crippen molar-refractivity contribution in [3.8, 4) is 11.5 Å². The highest BCUT2D eigenvalue weighted by atomic mass is 19.1. The molecular weight excluding hydrogens is 341 g/mol. The Kier molecular flexibility index (Phi) is 5.68. The number of benzene rings is 2. The number of aryl methyl sites for hydroxylation is 1. The van der Waals surface area contributed by atoms with Crippen LogP contribution in [0, 0.1) is 5.82 Å². The molecule has 0 atom stereocenters. The first kappa shape index (κ1) is 17.7. The zero-order chi connectivity index (χ0) is 18.4. The quantitative estimate of drug-likeness (QED) is 0.803. The van der Waals surface area contributed by atoms with E-state index in [4.69, 9.17) is 14.2 Å². The van der Waals surface area contributed by atoms with E-state index in [1.54, 1.807) is 30.3 Å². The summed E-state index contributed by atoms with van der Waals surface area (Å²) in [5, 5.41) is 2.63. The number of anilines is 1. The van der Waals surface area contributed by atoms with Crippen LogP contribution in [0.3, 0.4) is 0 Å². The van der Waals surface area contributed by atoms with Crippen LogP contribution in [0.4, 0.5) is 10.1 Å². The molecule has 0 unspecified atom stereocenters. The molecule has 0 aliphatic carbocycles. The zero-order valence-electron chi connectivity index (χ0n) is 14.0. The van der Waals surface area contributed by atoms with Gasteiger partial charge >= 0.3 is 5.97 Å². The van der Waals surface area contributed by atoms with Gasteiger partial charge in [0.15, 0.2) is 18.1 Å². The van der Waals surface area contributed by atoms with Crippen LogP contribution in [0.1, 0.15) is 12.0 Å². The van der Waals surface area contributed by atoms with Gasteiger partial charge in [0, 0.05) is 18.2 Å². The minimum absolute atomic E-state index is 0.114. The monoisotopic (exact) mass is 359 g/mol. The normalized spacial score (nSPS) is 12.3. The molecule has 0 spiro atoms. The van der Waals surface area contributed by atoms with Gasteiger partial charge in [-0.05, 0) is 36.2 Å². The number of carbonyl (C=O) groups excluding carboxylic acids is 2. The fourth-order valence-electron chi connectivity index (χ4n) is 2.43. The molecule has 7 heteroatoms. The smallest absolute Gasteiger partial charge is 0.306 e. The Labute approximate surface area is 149 Å². The molecule has 2 aromatic rings. The van der Waals surface area contributed by atoms with Crippen LogP contribution in [0.15, 0.2) is 42.5 Å². The predicted molar refractivity (Wildman–Crippen MR) is 91.7 cm³/mol. The van der Waals surface area contributed by atoms with E-state index < -0.39 is 11.9 Å². The van der Waals surface area contributed by atoms with E-state index >= 15 is 0 Å². The largest absolute Gasteiger partial charge is 0.486 e. The molecule has 0 radical (unpaired) electrons. The Balaban J connectivity index is 1.42. The summed E-state index contributed by atoms with van der Waals surface area (Å²) in [5.41, 5.74) is 1.35. The second kappa shape index (κ2) is 8.33. The third-order valence-electron chi connectivity index (χ3n) is 3.72. The van der Waals surface area contributed by atoms with Crippen LogP contribution < -0.4 is 14.8 Å². The van der Waals surface area contributed by atoms with Crippen LogP contribution in [0.2, 0.25) is 0 Å². The molecule has 3 rings (SSSR count). The number of nitrogens with one attached hydrogen (secondary N) is 1. The van der Waals surface area contributed by atoms with Gasteiger partial charge in [-0.15, -0.1) is 0 Å². The van der Waals surface area contributed by atoms with E-state index in [9.17, 15) is 14.0 Å². The average Bonchev–Trinajstić information content (AvgIpc) is 2.66. The third kappa shape index (κ3) is 4.95. The number of fused-ring (bicyclic) bond motifs is 1. The lowest BCUT2D eigenvalue weighted by molar-refractivity contribution is -0.147. The van der Waals surface area contributed by atoms with Gasteiger partial charge in [-0.3, -0.25) is 9.59 Å². The molecule has 1 N–H and O–H groups in total. The molecule has 6 nitrogen and oxygen atoms in total. The molecule has 1 amide bonds. The lowest BCUT2D eigenvalue weighted by atomic mass is 10.1. The van der Waals surface area contributed by atoms with Crippen molar-refractivity contribution in [2.24, 2.45) is 0 Å². The van der Waals surface area contributed by atoms with E-state index in [0.717, 1.165) is 5.56 Å². The molecule has 0 bridgehead atoms. The highest BCUT2D eigenvalue weighted by Crippen LogP contribution is 2.32. The zero-order valence-corrected chi connectivity index (χ0v) is 14.0. The molecule has 0 fully saturated rings. The summed E-state index contributed by atoms with van der Waals surface area (Å²) in [6, 6.07) is 10.9. The molecule has 136 valence electrons. The maximum Gasteiger partial charge on any atom is 0.306 e. The minimum atomic E-state index is -0.494. The number of rotatable bonds is 6. The molecule has 1 aliphatic heterocycles. The summed E-state index contributed by atoms with van der Waals surface area (Å²) in [5.74, 6) is -0.0811. The van der Waals surface area contributed by atoms with Crippen LogP contribution in [-0.4, -0.2) is 31.7 Å². The maximum atomic E-state index is 12.8. The predicted octanol–water partition coefficient (Wildman–Crippen LogP) is 2.71. The van der Waals surface area contributed by atoms with Crippen molar-refractivity contribution in [1.82, 2.24) is 0 Å². The molecule has 0 saturated heterocycles.